The Balaban J connectivity index is 1.30. The summed E-state index contributed by atoms with van der Waals surface area (Å²) in [6.45, 7) is 17.7. The van der Waals surface area contributed by atoms with Crippen molar-refractivity contribution in [3.63, 3.8) is 0 Å². The van der Waals surface area contributed by atoms with Crippen molar-refractivity contribution in [2.75, 3.05) is 18.0 Å². The Hall–Kier alpha value is -3.33. The van der Waals surface area contributed by atoms with Crippen LogP contribution in [0.3, 0.4) is 0 Å². The third kappa shape index (κ3) is 3.22. The SMILES string of the molecule is CCN1/C(=C/C=C2\CCC(/C=C/C3=[N+](CC)c4ccc(C)c5c4C35C)=C2O)C(C)(C)c2cc(C)ccc21. The van der Waals surface area contributed by atoms with E-state index in [1.165, 1.54) is 50.6 Å². The number of anilines is 1. The van der Waals surface area contributed by atoms with Gasteiger partial charge in [0.1, 0.15) is 17.7 Å². The second kappa shape index (κ2) is 8.08. The fourth-order valence-corrected chi connectivity index (χ4v) is 7.23. The summed E-state index contributed by atoms with van der Waals surface area (Å²) in [5, 5.41) is 11.2. The molecule has 1 N–H and O–H groups in total. The maximum absolute atomic E-state index is 11.2. The van der Waals surface area contributed by atoms with Gasteiger partial charge in [-0.25, -0.2) is 0 Å². The summed E-state index contributed by atoms with van der Waals surface area (Å²) in [6, 6.07) is 11.3. The quantitative estimate of drug-likeness (QED) is 0.431. The van der Waals surface area contributed by atoms with Crippen LogP contribution in [0.1, 0.15) is 75.3 Å². The first-order chi connectivity index (χ1) is 17.6. The van der Waals surface area contributed by atoms with Crippen molar-refractivity contribution in [3.8, 4) is 0 Å². The first kappa shape index (κ1) is 24.0. The van der Waals surface area contributed by atoms with E-state index in [0.29, 0.717) is 5.76 Å². The number of nitrogens with zero attached hydrogens (tertiary/aromatic N) is 2. The van der Waals surface area contributed by atoms with Crippen LogP contribution in [-0.4, -0.2) is 28.5 Å². The Labute approximate surface area is 221 Å². The monoisotopic (exact) mass is 491 g/mol. The molecule has 1 atom stereocenters. The molecule has 0 amide bonds. The molecule has 0 fully saturated rings. The molecule has 2 aromatic rings. The van der Waals surface area contributed by atoms with E-state index >= 15 is 0 Å². The first-order valence-electron chi connectivity index (χ1n) is 13.8. The minimum Gasteiger partial charge on any atom is -0.507 e. The highest BCUT2D eigenvalue weighted by Gasteiger charge is 2.63. The van der Waals surface area contributed by atoms with E-state index in [-0.39, 0.29) is 10.8 Å². The van der Waals surface area contributed by atoms with Gasteiger partial charge in [-0.3, -0.25) is 0 Å². The fourth-order valence-electron chi connectivity index (χ4n) is 7.23. The van der Waals surface area contributed by atoms with Gasteiger partial charge >= 0.3 is 0 Å². The molecule has 0 spiro atoms. The average molecular weight is 492 g/mol. The van der Waals surface area contributed by atoms with E-state index < -0.39 is 0 Å². The van der Waals surface area contributed by atoms with Gasteiger partial charge in [0.05, 0.1) is 0 Å². The standard InChI is InChI=1S/C34H38N2O/c1-8-35-26-16-10-21(3)20-25(26)33(5,6)28(35)18-14-23-12-13-24(32(23)37)15-19-29-34(7)30-22(4)11-17-27(31(30)34)36(29)9-2/h10-11,14-20H,8-9,12-13H2,1-7H3/p+1/b23-14+,28-18+. The number of hydrogen-bond acceptors (Lipinski definition) is 2. The van der Waals surface area contributed by atoms with Gasteiger partial charge in [-0.15, -0.1) is 0 Å². The minimum absolute atomic E-state index is 0.0400. The Bertz CT molecular complexity index is 1510. The van der Waals surface area contributed by atoms with E-state index in [2.05, 4.69) is 113 Å². The Morgan fingerprint density at radius 2 is 1.76 bits per heavy atom. The Morgan fingerprint density at radius 3 is 2.49 bits per heavy atom. The molecule has 190 valence electrons. The lowest BCUT2D eigenvalue weighted by Crippen LogP contribution is -2.25. The molecular weight excluding hydrogens is 452 g/mol. The largest absolute Gasteiger partial charge is 0.507 e. The highest BCUT2D eigenvalue weighted by atomic mass is 16.3. The Morgan fingerprint density at radius 1 is 0.973 bits per heavy atom. The van der Waals surface area contributed by atoms with Gasteiger partial charge in [0.2, 0.25) is 5.69 Å². The molecule has 2 aliphatic heterocycles. The van der Waals surface area contributed by atoms with E-state index in [4.69, 9.17) is 0 Å². The van der Waals surface area contributed by atoms with Crippen LogP contribution in [0.4, 0.5) is 11.4 Å². The summed E-state index contributed by atoms with van der Waals surface area (Å²) in [4.78, 5) is 2.42. The predicted octanol–water partition coefficient (Wildman–Crippen LogP) is 7.83. The zero-order valence-corrected chi connectivity index (χ0v) is 23.4. The number of fused-ring (bicyclic) bond motifs is 2. The van der Waals surface area contributed by atoms with E-state index in [0.717, 1.165) is 37.1 Å². The summed E-state index contributed by atoms with van der Waals surface area (Å²) < 4.78 is 2.44. The van der Waals surface area contributed by atoms with Crippen LogP contribution in [0.5, 0.6) is 0 Å². The van der Waals surface area contributed by atoms with Gasteiger partial charge < -0.3 is 10.0 Å². The Kier molecular flexibility index (Phi) is 5.25. The van der Waals surface area contributed by atoms with Gasteiger partial charge in [0, 0.05) is 41.1 Å². The minimum atomic E-state index is -0.0667. The summed E-state index contributed by atoms with van der Waals surface area (Å²) in [6.07, 6.45) is 10.6. The average Bonchev–Trinajstić information content (AvgIpc) is 3.12. The van der Waals surface area contributed by atoms with E-state index in [9.17, 15) is 5.11 Å². The second-order valence-electron chi connectivity index (χ2n) is 11.7. The van der Waals surface area contributed by atoms with Gasteiger partial charge in [0.25, 0.3) is 0 Å². The highest BCUT2D eigenvalue weighted by molar-refractivity contribution is 6.13. The molecule has 6 rings (SSSR count). The fraction of sp³-hybridized carbons (Fsp3) is 0.382. The van der Waals surface area contributed by atoms with Crippen molar-refractivity contribution in [2.24, 2.45) is 0 Å². The van der Waals surface area contributed by atoms with Crippen LogP contribution in [0.15, 0.2) is 77.2 Å². The van der Waals surface area contributed by atoms with Crippen molar-refractivity contribution in [1.29, 1.82) is 0 Å². The van der Waals surface area contributed by atoms with Crippen molar-refractivity contribution >= 4 is 17.1 Å². The lowest BCUT2D eigenvalue weighted by atomic mass is 9.83. The number of hydrogen-bond donors (Lipinski definition) is 1. The van der Waals surface area contributed by atoms with Gasteiger partial charge in [-0.2, -0.15) is 4.58 Å². The zero-order valence-electron chi connectivity index (χ0n) is 23.4. The first-order valence-corrected chi connectivity index (χ1v) is 13.8. The molecule has 0 saturated carbocycles. The second-order valence-corrected chi connectivity index (χ2v) is 11.7. The molecule has 0 bridgehead atoms. The maximum atomic E-state index is 11.2. The summed E-state index contributed by atoms with van der Waals surface area (Å²) in [5.74, 6) is 0.454. The van der Waals surface area contributed by atoms with Crippen LogP contribution < -0.4 is 4.90 Å². The van der Waals surface area contributed by atoms with Crippen molar-refractivity contribution < 1.29 is 9.68 Å². The maximum Gasteiger partial charge on any atom is 0.210 e. The van der Waals surface area contributed by atoms with Crippen LogP contribution in [0.2, 0.25) is 0 Å². The van der Waals surface area contributed by atoms with E-state index in [1.54, 1.807) is 0 Å². The van der Waals surface area contributed by atoms with Crippen molar-refractivity contribution in [3.05, 3.63) is 105 Å². The lowest BCUT2D eigenvalue weighted by molar-refractivity contribution is -0.433. The molecular formula is C34H39N2O+. The molecule has 1 unspecified atom stereocenters. The number of aliphatic hydroxyl groups excluding tert-OH is 1. The summed E-state index contributed by atoms with van der Waals surface area (Å²) in [7, 11) is 0. The van der Waals surface area contributed by atoms with E-state index in [1.807, 2.05) is 0 Å². The molecule has 3 heteroatoms. The smallest absolute Gasteiger partial charge is 0.210 e. The van der Waals surface area contributed by atoms with Crippen LogP contribution >= 0.6 is 0 Å². The number of likely N-dealkylation sites (N-methyl/N-ethyl adjacent to an activating group) is 1. The number of aryl methyl sites for hydroxylation is 2. The molecule has 0 radical (unpaired) electrons. The van der Waals surface area contributed by atoms with Gasteiger partial charge in [-0.05, 0) is 93.5 Å². The highest BCUT2D eigenvalue weighted by Crippen LogP contribution is 2.61. The number of aliphatic hydroxyl groups is 1. The molecule has 0 saturated heterocycles. The molecule has 2 aromatic carbocycles. The third-order valence-corrected chi connectivity index (χ3v) is 9.26. The molecule has 2 heterocycles. The van der Waals surface area contributed by atoms with Crippen molar-refractivity contribution in [2.45, 2.75) is 72.1 Å². The predicted molar refractivity (Wildman–Crippen MR) is 155 cm³/mol. The van der Waals surface area contributed by atoms with Crippen LogP contribution in [0.25, 0.3) is 0 Å². The number of benzene rings is 2. The van der Waals surface area contributed by atoms with Gasteiger partial charge in [0.15, 0.2) is 5.71 Å². The summed E-state index contributed by atoms with van der Waals surface area (Å²) >= 11 is 0. The topological polar surface area (TPSA) is 26.5 Å². The van der Waals surface area contributed by atoms with Gasteiger partial charge in [-0.1, -0.05) is 43.7 Å². The molecule has 3 nitrogen and oxygen atoms in total. The lowest BCUT2D eigenvalue weighted by Gasteiger charge is -2.26. The molecule has 4 aliphatic rings. The van der Waals surface area contributed by atoms with Crippen LogP contribution in [0, 0.1) is 13.8 Å². The molecule has 0 aromatic heterocycles. The normalized spacial score (nSPS) is 25.3. The zero-order chi connectivity index (χ0) is 26.3. The number of allylic oxidation sites excluding steroid dienone is 7. The molecule has 37 heavy (non-hydrogen) atoms. The van der Waals surface area contributed by atoms with Crippen LogP contribution in [-0.2, 0) is 10.8 Å². The molecule has 2 aliphatic carbocycles. The number of rotatable bonds is 5. The summed E-state index contributed by atoms with van der Waals surface area (Å²) in [5.41, 5.74) is 14.4. The third-order valence-electron chi connectivity index (χ3n) is 9.26. The van der Waals surface area contributed by atoms with Crippen molar-refractivity contribution in [1.82, 2.24) is 0 Å².